The maximum atomic E-state index is 15.2. The zero-order valence-corrected chi connectivity index (χ0v) is 26.9. The lowest BCUT2D eigenvalue weighted by atomic mass is 9.44. The molecule has 0 radical (unpaired) electrons. The van der Waals surface area contributed by atoms with Crippen molar-refractivity contribution in [1.29, 1.82) is 0 Å². The summed E-state index contributed by atoms with van der Waals surface area (Å²) in [4.78, 5) is 69.8. The van der Waals surface area contributed by atoms with Gasteiger partial charge in [0.2, 0.25) is 0 Å². The average Bonchev–Trinajstić information content (AvgIpc) is 2.97. The number of aliphatic hydroxyl groups is 1. The summed E-state index contributed by atoms with van der Waals surface area (Å²) in [5.41, 5.74) is -6.51. The van der Waals surface area contributed by atoms with Crippen LogP contribution in [0.1, 0.15) is 57.8 Å². The molecule has 1 N–H and O–H groups in total. The lowest BCUT2D eigenvalue weighted by molar-refractivity contribution is -0.345. The third-order valence-electron chi connectivity index (χ3n) is 10.6. The predicted octanol–water partition coefficient (Wildman–Crippen LogP) is 2.65. The molecule has 45 heavy (non-hydrogen) atoms. The number of methoxy groups -OCH3 is 1. The topological polar surface area (TPSA) is 155 Å². The minimum Gasteiger partial charge on any atom is -0.455 e. The number of hydrogen-bond donors (Lipinski definition) is 1. The van der Waals surface area contributed by atoms with E-state index in [0.29, 0.717) is 0 Å². The first-order valence-electron chi connectivity index (χ1n) is 15.0. The Kier molecular flexibility index (Phi) is 8.03. The standard InChI is InChI=1S/C33H41NO11/c1-17-20(36)15-33(40)27(44-28(38)19-12-10-9-11-13-19)25-31(5,21(41-8)14-22-32(25,16-42-22)45-18(2)35)26(37)24(23(17)30(33,3)4)43-29(39)34(6)7/h9-13,21-22,24-25,27,40H,14-16H2,1-8H3/t21-,22+,24+,25-,27-,31+,32-,33+/m0/s1. The second-order valence-electron chi connectivity index (χ2n) is 13.5. The largest absolute Gasteiger partial charge is 0.455 e. The molecule has 0 spiro atoms. The Morgan fingerprint density at radius 2 is 1.69 bits per heavy atom. The second-order valence-corrected chi connectivity index (χ2v) is 13.5. The molecule has 1 aromatic carbocycles. The van der Waals surface area contributed by atoms with Gasteiger partial charge < -0.3 is 33.7 Å². The molecule has 12 nitrogen and oxygen atoms in total. The van der Waals surface area contributed by atoms with E-state index < -0.39 is 88.4 Å². The van der Waals surface area contributed by atoms with Crippen LogP contribution in [0, 0.1) is 16.7 Å². The van der Waals surface area contributed by atoms with E-state index in [-0.39, 0.29) is 29.7 Å². The quantitative estimate of drug-likeness (QED) is 0.378. The highest BCUT2D eigenvalue weighted by atomic mass is 16.6. The number of ketones is 2. The van der Waals surface area contributed by atoms with Gasteiger partial charge in [-0.3, -0.25) is 14.4 Å². The SMILES string of the molecule is CO[C@H]1C[C@H]2OC[C@@]2(OC(C)=O)[C@H]2[C@H](OC(=O)c3ccccc3)[C@]3(O)CC(=O)C(C)=C([C@@H](OC(=O)N(C)C)C(=O)[C@]12C)C3(C)C. The van der Waals surface area contributed by atoms with Gasteiger partial charge in [-0.15, -0.1) is 0 Å². The van der Waals surface area contributed by atoms with Crippen LogP contribution in [-0.2, 0) is 38.1 Å². The number of hydrogen-bond acceptors (Lipinski definition) is 11. The minimum absolute atomic E-state index is 0.102. The van der Waals surface area contributed by atoms with Crippen molar-refractivity contribution >= 4 is 29.6 Å². The number of Topliss-reactive ketones (excluding diaryl/α,β-unsaturated/α-hetero) is 2. The number of fused-ring (bicyclic) bond motifs is 5. The average molecular weight is 628 g/mol. The van der Waals surface area contributed by atoms with E-state index in [1.165, 1.54) is 35.1 Å². The van der Waals surface area contributed by atoms with E-state index in [0.717, 1.165) is 4.90 Å². The van der Waals surface area contributed by atoms with Crippen molar-refractivity contribution in [3.63, 3.8) is 0 Å². The molecule has 3 fully saturated rings. The summed E-state index contributed by atoms with van der Waals surface area (Å²) in [7, 11) is 4.33. The molecule has 8 atom stereocenters. The van der Waals surface area contributed by atoms with E-state index in [2.05, 4.69) is 0 Å². The van der Waals surface area contributed by atoms with E-state index in [4.69, 9.17) is 23.7 Å². The fourth-order valence-electron chi connectivity index (χ4n) is 8.08. The number of carbonyl (C=O) groups excluding carboxylic acids is 5. The molecular weight excluding hydrogens is 586 g/mol. The summed E-state index contributed by atoms with van der Waals surface area (Å²) < 4.78 is 30.0. The van der Waals surface area contributed by atoms with Gasteiger partial charge in [-0.2, -0.15) is 0 Å². The van der Waals surface area contributed by atoms with E-state index in [1.807, 2.05) is 0 Å². The molecule has 1 aliphatic heterocycles. The Bertz CT molecular complexity index is 1470. The van der Waals surface area contributed by atoms with Crippen LogP contribution < -0.4 is 0 Å². The van der Waals surface area contributed by atoms with Gasteiger partial charge in [-0.05, 0) is 37.1 Å². The van der Waals surface area contributed by atoms with Crippen molar-refractivity contribution < 1.29 is 52.8 Å². The number of rotatable bonds is 5. The molecule has 4 aliphatic rings. The van der Waals surface area contributed by atoms with Crippen molar-refractivity contribution in [3.05, 3.63) is 47.0 Å². The first kappa shape index (κ1) is 32.8. The molecule has 244 valence electrons. The Hall–Kier alpha value is -3.61. The Labute approximate surface area is 262 Å². The lowest BCUT2D eigenvalue weighted by Gasteiger charge is -2.67. The zero-order valence-electron chi connectivity index (χ0n) is 26.9. The maximum Gasteiger partial charge on any atom is 0.410 e. The number of benzene rings is 1. The summed E-state index contributed by atoms with van der Waals surface area (Å²) >= 11 is 0. The zero-order chi connectivity index (χ0) is 33.3. The molecule has 12 heteroatoms. The van der Waals surface area contributed by atoms with Crippen LogP contribution in [0.4, 0.5) is 4.79 Å². The highest BCUT2D eigenvalue weighted by Gasteiger charge is 2.78. The number of ether oxygens (including phenoxy) is 5. The van der Waals surface area contributed by atoms with Crippen LogP contribution in [0.25, 0.3) is 0 Å². The van der Waals surface area contributed by atoms with E-state index in [1.54, 1.807) is 51.1 Å². The third kappa shape index (κ3) is 4.63. The minimum atomic E-state index is -2.18. The Morgan fingerprint density at radius 1 is 1.04 bits per heavy atom. The predicted molar refractivity (Wildman–Crippen MR) is 157 cm³/mol. The van der Waals surface area contributed by atoms with E-state index in [9.17, 15) is 24.3 Å². The highest BCUT2D eigenvalue weighted by molar-refractivity contribution is 6.03. The molecule has 1 saturated heterocycles. The van der Waals surface area contributed by atoms with Crippen molar-refractivity contribution in [1.82, 2.24) is 4.90 Å². The molecular formula is C33H41NO11. The number of esters is 2. The molecule has 0 aromatic heterocycles. The van der Waals surface area contributed by atoms with Gasteiger partial charge in [0.1, 0.15) is 17.8 Å². The van der Waals surface area contributed by atoms with Gasteiger partial charge in [0.15, 0.2) is 23.3 Å². The van der Waals surface area contributed by atoms with Crippen molar-refractivity contribution in [3.8, 4) is 0 Å². The molecule has 1 heterocycles. The van der Waals surface area contributed by atoms with Crippen LogP contribution in [-0.4, -0.2) is 103 Å². The summed E-state index contributed by atoms with van der Waals surface area (Å²) in [6, 6.07) is 8.11. The number of allylic oxidation sites excluding steroid dienone is 1. The summed E-state index contributed by atoms with van der Waals surface area (Å²) in [6.07, 6.45) is -6.18. The van der Waals surface area contributed by atoms with E-state index >= 15 is 4.79 Å². The monoisotopic (exact) mass is 627 g/mol. The fourth-order valence-corrected chi connectivity index (χ4v) is 8.08. The first-order valence-corrected chi connectivity index (χ1v) is 15.0. The molecule has 0 unspecified atom stereocenters. The molecule has 1 amide bonds. The molecule has 3 aliphatic carbocycles. The number of carbonyl (C=O) groups is 5. The van der Waals surface area contributed by atoms with Crippen LogP contribution in [0.15, 0.2) is 41.5 Å². The maximum absolute atomic E-state index is 15.2. The van der Waals surface area contributed by atoms with Gasteiger partial charge in [0.25, 0.3) is 0 Å². The van der Waals surface area contributed by atoms with Crippen LogP contribution in [0.5, 0.6) is 0 Å². The third-order valence-corrected chi connectivity index (χ3v) is 10.6. The van der Waals surface area contributed by atoms with Gasteiger partial charge in [0, 0.05) is 46.4 Å². The van der Waals surface area contributed by atoms with Crippen molar-refractivity contribution in [2.75, 3.05) is 27.8 Å². The Balaban J connectivity index is 1.86. The van der Waals surface area contributed by atoms with Gasteiger partial charge in [0.05, 0.1) is 29.6 Å². The normalized spacial score (nSPS) is 36.8. The van der Waals surface area contributed by atoms with Crippen LogP contribution in [0.2, 0.25) is 0 Å². The summed E-state index contributed by atoms with van der Waals surface area (Å²) in [5, 5.41) is 13.0. The summed E-state index contributed by atoms with van der Waals surface area (Å²) in [5.74, 6) is -3.96. The molecule has 1 aromatic rings. The first-order chi connectivity index (χ1) is 21.0. The summed E-state index contributed by atoms with van der Waals surface area (Å²) in [6.45, 7) is 7.40. The Morgan fingerprint density at radius 3 is 2.22 bits per heavy atom. The van der Waals surface area contributed by atoms with Crippen LogP contribution in [0.3, 0.4) is 0 Å². The number of amides is 1. The van der Waals surface area contributed by atoms with Gasteiger partial charge >= 0.3 is 18.0 Å². The van der Waals surface area contributed by atoms with Crippen molar-refractivity contribution in [2.24, 2.45) is 16.7 Å². The molecule has 5 rings (SSSR count). The highest BCUT2D eigenvalue weighted by Crippen LogP contribution is 2.64. The van der Waals surface area contributed by atoms with Gasteiger partial charge in [-0.25, -0.2) is 9.59 Å². The molecule has 2 saturated carbocycles. The number of nitrogens with zero attached hydrogens (tertiary/aromatic N) is 1. The smallest absolute Gasteiger partial charge is 0.410 e. The molecule has 2 bridgehead atoms. The van der Waals surface area contributed by atoms with Gasteiger partial charge in [-0.1, -0.05) is 32.0 Å². The van der Waals surface area contributed by atoms with Crippen molar-refractivity contribution in [2.45, 2.75) is 83.1 Å². The van der Waals surface area contributed by atoms with Crippen LogP contribution >= 0.6 is 0 Å². The fraction of sp³-hybridized carbons (Fsp3) is 0.606. The lowest BCUT2D eigenvalue weighted by Crippen LogP contribution is -2.82. The second kappa shape index (κ2) is 11.0.